The molecule has 2 spiro atoms. The topological polar surface area (TPSA) is 86.7 Å². The van der Waals surface area contributed by atoms with Crippen molar-refractivity contribution < 1.29 is 28.7 Å². The van der Waals surface area contributed by atoms with E-state index in [1.54, 1.807) is 0 Å². The molecule has 8 saturated carbocycles. The van der Waals surface area contributed by atoms with Gasteiger partial charge in [0.15, 0.2) is 0 Å². The van der Waals surface area contributed by atoms with Crippen LogP contribution < -0.4 is 0 Å². The van der Waals surface area contributed by atoms with Gasteiger partial charge in [0.2, 0.25) is 0 Å². The monoisotopic (exact) mass is 384 g/mol. The van der Waals surface area contributed by atoms with Gasteiger partial charge in [-0.1, -0.05) is 0 Å². The zero-order valence-electron chi connectivity index (χ0n) is 16.2. The van der Waals surface area contributed by atoms with Crippen LogP contribution in [0.4, 0.5) is 0 Å². The maximum absolute atomic E-state index is 13.5. The summed E-state index contributed by atoms with van der Waals surface area (Å²) in [6, 6.07) is 0. The molecule has 6 nitrogen and oxygen atoms in total. The van der Waals surface area contributed by atoms with Gasteiger partial charge in [-0.2, -0.15) is 0 Å². The molecule has 8 fully saturated rings. The molecule has 0 aromatic heterocycles. The molecule has 8 rings (SSSR count). The largest absolute Gasteiger partial charge is 0.469 e. The van der Waals surface area contributed by atoms with E-state index in [1.807, 2.05) is 0 Å². The third-order valence-electron chi connectivity index (χ3n) is 11.1. The van der Waals surface area contributed by atoms with E-state index in [9.17, 15) is 19.2 Å². The van der Waals surface area contributed by atoms with Crippen LogP contribution in [-0.4, -0.2) is 37.7 Å². The van der Waals surface area contributed by atoms with Gasteiger partial charge in [0.25, 0.3) is 0 Å². The molecule has 0 aromatic carbocycles. The van der Waals surface area contributed by atoms with Crippen molar-refractivity contribution >= 4 is 23.5 Å². The van der Waals surface area contributed by atoms with Crippen LogP contribution in [0, 0.1) is 57.2 Å². The quantitative estimate of drug-likeness (QED) is 0.672. The van der Waals surface area contributed by atoms with Gasteiger partial charge in [0.1, 0.15) is 11.6 Å². The Morgan fingerprint density at radius 2 is 1.18 bits per heavy atom. The molecule has 28 heavy (non-hydrogen) atoms. The Kier molecular flexibility index (Phi) is 2.36. The summed E-state index contributed by atoms with van der Waals surface area (Å²) in [5, 5.41) is 0. The van der Waals surface area contributed by atoms with E-state index in [4.69, 9.17) is 9.47 Å². The Morgan fingerprint density at radius 1 is 0.786 bits per heavy atom. The molecule has 6 heteroatoms. The van der Waals surface area contributed by atoms with Gasteiger partial charge in [-0.15, -0.1) is 0 Å². The van der Waals surface area contributed by atoms with Gasteiger partial charge in [0.05, 0.1) is 25.0 Å². The fourth-order valence-electron chi connectivity index (χ4n) is 10.9. The van der Waals surface area contributed by atoms with Crippen LogP contribution in [0.5, 0.6) is 0 Å². The first kappa shape index (κ1) is 16.1. The number of esters is 2. The summed E-state index contributed by atoms with van der Waals surface area (Å²) in [5.74, 6) is 0.00431. The molecule has 0 saturated heterocycles. The van der Waals surface area contributed by atoms with E-state index in [2.05, 4.69) is 0 Å². The molecule has 0 radical (unpaired) electrons. The Bertz CT molecular complexity index is 850. The molecule has 8 bridgehead atoms. The molecule has 148 valence electrons. The second-order valence-electron chi connectivity index (χ2n) is 10.6. The maximum Gasteiger partial charge on any atom is 0.313 e. The minimum Gasteiger partial charge on any atom is -0.469 e. The van der Waals surface area contributed by atoms with E-state index in [0.29, 0.717) is 25.7 Å². The fourth-order valence-corrected chi connectivity index (χ4v) is 10.9. The molecule has 0 amide bonds. The van der Waals surface area contributed by atoms with Gasteiger partial charge in [-0.3, -0.25) is 19.2 Å². The van der Waals surface area contributed by atoms with Crippen molar-refractivity contribution in [2.24, 2.45) is 57.2 Å². The highest BCUT2D eigenvalue weighted by molar-refractivity contribution is 6.02. The first-order valence-electron chi connectivity index (χ1n) is 10.6. The Labute approximate surface area is 162 Å². The second kappa shape index (κ2) is 4.10. The van der Waals surface area contributed by atoms with E-state index < -0.39 is 21.7 Å². The molecule has 0 N–H and O–H groups in total. The minimum atomic E-state index is -0.963. The number of carbonyl (C=O) groups excluding carboxylic acids is 4. The van der Waals surface area contributed by atoms with E-state index in [1.165, 1.54) is 14.2 Å². The lowest BCUT2D eigenvalue weighted by Gasteiger charge is -2.63. The number of Topliss-reactive ketones (excluding diaryl/α,β-unsaturated/α-hetero) is 2. The van der Waals surface area contributed by atoms with Crippen molar-refractivity contribution in [1.29, 1.82) is 0 Å². The van der Waals surface area contributed by atoms with Crippen LogP contribution in [0.15, 0.2) is 0 Å². The predicted molar refractivity (Wildman–Crippen MR) is 92.4 cm³/mol. The van der Waals surface area contributed by atoms with Crippen molar-refractivity contribution in [1.82, 2.24) is 0 Å². The molecule has 0 aliphatic heterocycles. The van der Waals surface area contributed by atoms with Gasteiger partial charge >= 0.3 is 11.9 Å². The highest BCUT2D eigenvalue weighted by Gasteiger charge is 3.02. The number of carbonyl (C=O) groups is 4. The summed E-state index contributed by atoms with van der Waals surface area (Å²) < 4.78 is 10.8. The number of methoxy groups -OCH3 is 2. The third-order valence-corrected chi connectivity index (χ3v) is 11.1. The lowest BCUT2D eigenvalue weighted by molar-refractivity contribution is -0.221. The first-order valence-corrected chi connectivity index (χ1v) is 10.6. The molecule has 10 atom stereocenters. The number of ether oxygens (including phenoxy) is 2. The normalized spacial score (nSPS) is 60.6. The van der Waals surface area contributed by atoms with Crippen LogP contribution in [0.3, 0.4) is 0 Å². The zero-order valence-corrected chi connectivity index (χ0v) is 16.2. The second-order valence-corrected chi connectivity index (χ2v) is 10.6. The van der Waals surface area contributed by atoms with Crippen molar-refractivity contribution in [3.8, 4) is 0 Å². The Morgan fingerprint density at radius 3 is 1.43 bits per heavy atom. The van der Waals surface area contributed by atoms with Gasteiger partial charge in [0, 0.05) is 23.7 Å². The molecule has 0 heterocycles. The zero-order chi connectivity index (χ0) is 19.4. The average Bonchev–Trinajstić information content (AvgIpc) is 3.48. The highest BCUT2D eigenvalue weighted by Crippen LogP contribution is 2.99. The van der Waals surface area contributed by atoms with E-state index in [0.717, 1.165) is 12.8 Å². The highest BCUT2D eigenvalue weighted by atomic mass is 16.5. The summed E-state index contributed by atoms with van der Waals surface area (Å²) in [4.78, 5) is 52.7. The Hall–Kier alpha value is -1.72. The first-order chi connectivity index (χ1) is 13.4. The van der Waals surface area contributed by atoms with Crippen LogP contribution in [0.25, 0.3) is 0 Å². The van der Waals surface area contributed by atoms with Crippen molar-refractivity contribution in [2.75, 3.05) is 14.2 Å². The minimum absolute atomic E-state index is 0.0230. The number of ketones is 2. The number of hydrogen-bond donors (Lipinski definition) is 0. The van der Waals surface area contributed by atoms with E-state index >= 15 is 0 Å². The summed E-state index contributed by atoms with van der Waals surface area (Å²) in [7, 11) is 2.79. The molecule has 0 unspecified atom stereocenters. The van der Waals surface area contributed by atoms with Crippen LogP contribution in [-0.2, 0) is 28.7 Å². The molecule has 8 aliphatic carbocycles. The van der Waals surface area contributed by atoms with E-state index in [-0.39, 0.29) is 59.0 Å². The summed E-state index contributed by atoms with van der Waals surface area (Å²) in [6.07, 6.45) is 4.21. The van der Waals surface area contributed by atoms with Crippen molar-refractivity contribution in [3.05, 3.63) is 0 Å². The third kappa shape index (κ3) is 1.03. The number of hydrogen-bond acceptors (Lipinski definition) is 6. The average molecular weight is 384 g/mol. The molecule has 8 aliphatic rings. The van der Waals surface area contributed by atoms with Crippen LogP contribution in [0.1, 0.15) is 38.5 Å². The van der Waals surface area contributed by atoms with Gasteiger partial charge < -0.3 is 9.47 Å². The smallest absolute Gasteiger partial charge is 0.313 e. The van der Waals surface area contributed by atoms with Crippen molar-refractivity contribution in [3.63, 3.8) is 0 Å². The summed E-state index contributed by atoms with van der Waals surface area (Å²) in [6.45, 7) is 0. The molecular weight excluding hydrogens is 360 g/mol. The standard InChI is InChI=1S/C22H24O6/c1-27-17(25)21-9-7-20(6-4-12(20)24)16-13(9)14-10(22(16,21)18(26)28-2)8-19(15(14)21)5-3-11(19)23/h9-10,13-16H,3-8H2,1-2H3/t9-,10+,13-,14-,15-,16+,19+,20+,21-,22-/m1/s1. The van der Waals surface area contributed by atoms with Gasteiger partial charge in [-0.25, -0.2) is 0 Å². The van der Waals surface area contributed by atoms with Gasteiger partial charge in [-0.05, 0) is 61.2 Å². The molecule has 0 aromatic rings. The maximum atomic E-state index is 13.5. The van der Waals surface area contributed by atoms with Crippen LogP contribution >= 0.6 is 0 Å². The lowest BCUT2D eigenvalue weighted by atomic mass is 9.37. The SMILES string of the molecule is COC(=O)[C@@]12[C@@H]3C[C@]4(CCC4=O)[C@@H]4[C@H]3[C@@H]3[C@@H]1[C@@]1(CCC1=O)C[C@@H]3[C@]42C(=O)OC. The Balaban J connectivity index is 1.53. The fraction of sp³-hybridized carbons (Fsp3) is 0.818. The molecular formula is C22H24O6. The predicted octanol–water partition coefficient (Wildman–Crippen LogP) is 1.55. The lowest BCUT2D eigenvalue weighted by Crippen LogP contribution is -2.70. The summed E-state index contributed by atoms with van der Waals surface area (Å²) in [5.41, 5.74) is -2.80. The van der Waals surface area contributed by atoms with Crippen molar-refractivity contribution in [2.45, 2.75) is 38.5 Å². The number of rotatable bonds is 2. The summed E-state index contributed by atoms with van der Waals surface area (Å²) >= 11 is 0. The van der Waals surface area contributed by atoms with Crippen LogP contribution in [0.2, 0.25) is 0 Å².